The fourth-order valence-corrected chi connectivity index (χ4v) is 3.29. The molecule has 3 amide bonds. The van der Waals surface area contributed by atoms with Gasteiger partial charge in [0.15, 0.2) is 0 Å². The number of hydrogen-bond donors (Lipinski definition) is 3. The van der Waals surface area contributed by atoms with E-state index < -0.39 is 12.1 Å². The fraction of sp³-hybridized carbons (Fsp3) is 0.300. The van der Waals surface area contributed by atoms with Crippen LogP contribution in [0.4, 0.5) is 10.5 Å². The van der Waals surface area contributed by atoms with E-state index in [1.165, 1.54) is 0 Å². The summed E-state index contributed by atoms with van der Waals surface area (Å²) in [7, 11) is 0. The summed E-state index contributed by atoms with van der Waals surface area (Å²) in [4.78, 5) is 28.1. The van der Waals surface area contributed by atoms with Crippen molar-refractivity contribution >= 4 is 17.6 Å². The predicted molar refractivity (Wildman–Crippen MR) is 103 cm³/mol. The first-order valence-electron chi connectivity index (χ1n) is 8.95. The molecular weight excluding hydrogens is 344 g/mol. The fourth-order valence-electron chi connectivity index (χ4n) is 3.29. The zero-order valence-corrected chi connectivity index (χ0v) is 15.0. The summed E-state index contributed by atoms with van der Waals surface area (Å²) in [6.45, 7) is 2.65. The molecule has 2 aromatic carbocycles. The summed E-state index contributed by atoms with van der Waals surface area (Å²) in [5, 5.41) is 12.1. The van der Waals surface area contributed by atoms with Gasteiger partial charge in [-0.15, -0.1) is 0 Å². The number of carbonyl (C=O) groups is 2. The highest BCUT2D eigenvalue weighted by molar-refractivity contribution is 5.79. The molecule has 0 aromatic heterocycles. The van der Waals surface area contributed by atoms with E-state index in [4.69, 9.17) is 5.73 Å². The Morgan fingerprint density at radius 3 is 2.22 bits per heavy atom. The molecule has 1 saturated heterocycles. The number of benzene rings is 2. The lowest BCUT2D eigenvalue weighted by molar-refractivity contribution is -0.132. The van der Waals surface area contributed by atoms with Crippen molar-refractivity contribution in [2.45, 2.75) is 12.5 Å². The van der Waals surface area contributed by atoms with Crippen LogP contribution in [0.15, 0.2) is 54.6 Å². The number of piperazine rings is 1. The van der Waals surface area contributed by atoms with Gasteiger partial charge in [-0.1, -0.05) is 30.3 Å². The SMILES string of the molecule is NC(=O)NC(CC(=O)N1CCN(c2ccc(O)cc2)CC1)c1ccccc1. The minimum Gasteiger partial charge on any atom is -0.508 e. The minimum atomic E-state index is -0.645. The van der Waals surface area contributed by atoms with E-state index in [1.807, 2.05) is 47.4 Å². The average molecular weight is 368 g/mol. The highest BCUT2D eigenvalue weighted by Gasteiger charge is 2.25. The number of nitrogens with one attached hydrogen (secondary N) is 1. The van der Waals surface area contributed by atoms with Gasteiger partial charge in [0.25, 0.3) is 0 Å². The quantitative estimate of drug-likeness (QED) is 0.750. The maximum atomic E-state index is 12.7. The monoisotopic (exact) mass is 368 g/mol. The molecule has 7 nitrogen and oxygen atoms in total. The van der Waals surface area contributed by atoms with E-state index in [1.54, 1.807) is 12.1 Å². The van der Waals surface area contributed by atoms with Crippen LogP contribution >= 0.6 is 0 Å². The van der Waals surface area contributed by atoms with Crippen molar-refractivity contribution < 1.29 is 14.7 Å². The van der Waals surface area contributed by atoms with Gasteiger partial charge in [0, 0.05) is 31.9 Å². The van der Waals surface area contributed by atoms with E-state index in [2.05, 4.69) is 10.2 Å². The van der Waals surface area contributed by atoms with E-state index in [-0.39, 0.29) is 18.1 Å². The van der Waals surface area contributed by atoms with E-state index in [0.29, 0.717) is 13.1 Å². The lowest BCUT2D eigenvalue weighted by Crippen LogP contribution is -2.49. The number of anilines is 1. The Balaban J connectivity index is 1.59. The van der Waals surface area contributed by atoms with Crippen LogP contribution in [0, 0.1) is 0 Å². The predicted octanol–water partition coefficient (Wildman–Crippen LogP) is 1.84. The zero-order chi connectivity index (χ0) is 19.2. The standard InChI is InChI=1S/C20H24N4O3/c21-20(27)22-18(15-4-2-1-3-5-15)14-19(26)24-12-10-23(11-13-24)16-6-8-17(25)9-7-16/h1-9,18,25H,10-14H2,(H3,21,22,27). The third-order valence-electron chi connectivity index (χ3n) is 4.74. The van der Waals surface area contributed by atoms with E-state index in [0.717, 1.165) is 24.3 Å². The molecule has 27 heavy (non-hydrogen) atoms. The van der Waals surface area contributed by atoms with Crippen LogP contribution in [-0.4, -0.2) is 48.1 Å². The Morgan fingerprint density at radius 2 is 1.63 bits per heavy atom. The Morgan fingerprint density at radius 1 is 1.00 bits per heavy atom. The van der Waals surface area contributed by atoms with Gasteiger partial charge >= 0.3 is 6.03 Å². The molecule has 1 fully saturated rings. The van der Waals surface area contributed by atoms with Crippen LogP contribution in [0.5, 0.6) is 5.75 Å². The van der Waals surface area contributed by atoms with Crippen molar-refractivity contribution in [3.63, 3.8) is 0 Å². The summed E-state index contributed by atoms with van der Waals surface area (Å²) in [5.74, 6) is 0.226. The Labute approximate surface area is 158 Å². The van der Waals surface area contributed by atoms with Gasteiger partial charge in [-0.2, -0.15) is 0 Å². The maximum Gasteiger partial charge on any atom is 0.312 e. The lowest BCUT2D eigenvalue weighted by atomic mass is 10.0. The number of primary amides is 1. The second-order valence-electron chi connectivity index (χ2n) is 6.56. The highest BCUT2D eigenvalue weighted by atomic mass is 16.3. The summed E-state index contributed by atoms with van der Waals surface area (Å²) in [6.07, 6.45) is 0.173. The van der Waals surface area contributed by atoms with Gasteiger partial charge in [-0.25, -0.2) is 4.79 Å². The van der Waals surface area contributed by atoms with Crippen molar-refractivity contribution in [2.24, 2.45) is 5.73 Å². The molecule has 7 heteroatoms. The van der Waals surface area contributed by atoms with Crippen molar-refractivity contribution in [3.8, 4) is 5.75 Å². The lowest BCUT2D eigenvalue weighted by Gasteiger charge is -2.36. The van der Waals surface area contributed by atoms with Gasteiger partial charge in [0.2, 0.25) is 5.91 Å². The van der Waals surface area contributed by atoms with Crippen LogP contribution in [0.1, 0.15) is 18.0 Å². The number of rotatable bonds is 5. The topological polar surface area (TPSA) is 98.9 Å². The molecule has 0 aliphatic carbocycles. The molecule has 1 heterocycles. The van der Waals surface area contributed by atoms with Crippen molar-refractivity contribution in [2.75, 3.05) is 31.1 Å². The molecule has 0 bridgehead atoms. The molecule has 2 aromatic rings. The summed E-state index contributed by atoms with van der Waals surface area (Å²) >= 11 is 0. The molecule has 1 unspecified atom stereocenters. The Kier molecular flexibility index (Phi) is 5.80. The molecule has 0 spiro atoms. The first-order chi connectivity index (χ1) is 13.0. The van der Waals surface area contributed by atoms with E-state index in [9.17, 15) is 14.7 Å². The molecule has 1 aliphatic heterocycles. The molecule has 0 saturated carbocycles. The first kappa shape index (κ1) is 18.6. The van der Waals surface area contributed by atoms with Crippen molar-refractivity contribution in [3.05, 3.63) is 60.2 Å². The molecule has 1 aliphatic rings. The van der Waals surface area contributed by atoms with Crippen molar-refractivity contribution in [1.82, 2.24) is 10.2 Å². The molecule has 142 valence electrons. The number of nitrogens with two attached hydrogens (primary N) is 1. The smallest absolute Gasteiger partial charge is 0.312 e. The van der Waals surface area contributed by atoms with Crippen LogP contribution in [0.3, 0.4) is 0 Å². The third kappa shape index (κ3) is 4.91. The maximum absolute atomic E-state index is 12.7. The van der Waals surface area contributed by atoms with Crippen LogP contribution < -0.4 is 16.0 Å². The number of aromatic hydroxyl groups is 1. The van der Waals surface area contributed by atoms with Gasteiger partial charge in [-0.3, -0.25) is 4.79 Å². The number of carbonyl (C=O) groups excluding carboxylic acids is 2. The molecule has 1 atom stereocenters. The zero-order valence-electron chi connectivity index (χ0n) is 15.0. The number of phenolic OH excluding ortho intramolecular Hbond substituents is 1. The normalized spacial score (nSPS) is 15.3. The molecule has 4 N–H and O–H groups in total. The Bertz CT molecular complexity index is 772. The molecular formula is C20H24N4O3. The van der Waals surface area contributed by atoms with Gasteiger partial charge < -0.3 is 26.0 Å². The van der Waals surface area contributed by atoms with Gasteiger partial charge in [0.1, 0.15) is 5.75 Å². The second kappa shape index (κ2) is 8.44. The molecule has 3 rings (SSSR count). The number of hydrogen-bond acceptors (Lipinski definition) is 4. The summed E-state index contributed by atoms with van der Waals surface area (Å²) in [6, 6.07) is 15.3. The number of nitrogens with zero attached hydrogens (tertiary/aromatic N) is 2. The Hall–Kier alpha value is -3.22. The van der Waals surface area contributed by atoms with Gasteiger partial charge in [-0.05, 0) is 29.8 Å². The van der Waals surface area contributed by atoms with Crippen LogP contribution in [0.2, 0.25) is 0 Å². The average Bonchev–Trinajstić information content (AvgIpc) is 2.68. The number of urea groups is 1. The second-order valence-corrected chi connectivity index (χ2v) is 6.56. The minimum absolute atomic E-state index is 0.0111. The summed E-state index contributed by atoms with van der Waals surface area (Å²) < 4.78 is 0. The largest absolute Gasteiger partial charge is 0.508 e. The van der Waals surface area contributed by atoms with Crippen LogP contribution in [-0.2, 0) is 4.79 Å². The highest BCUT2D eigenvalue weighted by Crippen LogP contribution is 2.22. The number of phenols is 1. The number of amides is 3. The van der Waals surface area contributed by atoms with Crippen molar-refractivity contribution in [1.29, 1.82) is 0 Å². The van der Waals surface area contributed by atoms with Gasteiger partial charge in [0.05, 0.1) is 12.5 Å². The van der Waals surface area contributed by atoms with E-state index >= 15 is 0 Å². The summed E-state index contributed by atoms with van der Waals surface area (Å²) in [5.41, 5.74) is 7.16. The van der Waals surface area contributed by atoms with Crippen LogP contribution in [0.25, 0.3) is 0 Å². The first-order valence-corrected chi connectivity index (χ1v) is 8.95. The third-order valence-corrected chi connectivity index (χ3v) is 4.74. The molecule has 0 radical (unpaired) electrons.